The van der Waals surface area contributed by atoms with Gasteiger partial charge in [0.15, 0.2) is 0 Å². The third-order valence-electron chi connectivity index (χ3n) is 7.72. The zero-order chi connectivity index (χ0) is 26.5. The lowest BCUT2D eigenvalue weighted by Crippen LogP contribution is -2.57. The number of fused-ring (bicyclic) bond motifs is 2. The van der Waals surface area contributed by atoms with Crippen LogP contribution < -0.4 is 16.0 Å². The number of halogens is 3. The maximum atomic E-state index is 13.7. The number of nitrogens with zero attached hydrogens (tertiary/aromatic N) is 2. The first kappa shape index (κ1) is 25.0. The Kier molecular flexibility index (Phi) is 6.12. The monoisotopic (exact) mass is 517 g/mol. The van der Waals surface area contributed by atoms with Crippen LogP contribution in [-0.2, 0) is 24.6 Å². The van der Waals surface area contributed by atoms with Crippen molar-refractivity contribution in [2.24, 2.45) is 11.8 Å². The van der Waals surface area contributed by atoms with Crippen molar-refractivity contribution in [3.63, 3.8) is 0 Å². The number of carbonyl (C=O) groups is 4. The highest BCUT2D eigenvalue weighted by molar-refractivity contribution is 6.07. The molecule has 12 heteroatoms. The van der Waals surface area contributed by atoms with Crippen LogP contribution in [0.25, 0.3) is 0 Å². The number of amides is 4. The number of alkyl halides is 3. The predicted octanol–water partition coefficient (Wildman–Crippen LogP) is 1.74. The Morgan fingerprint density at radius 3 is 2.49 bits per heavy atom. The molecule has 1 aromatic carbocycles. The Balaban J connectivity index is 1.36. The van der Waals surface area contributed by atoms with Crippen LogP contribution in [0.3, 0.4) is 0 Å². The van der Waals surface area contributed by atoms with E-state index in [1.54, 1.807) is 29.6 Å². The molecule has 2 heterocycles. The highest BCUT2D eigenvalue weighted by atomic mass is 19.4. The molecule has 2 saturated carbocycles. The summed E-state index contributed by atoms with van der Waals surface area (Å²) in [6.07, 6.45) is -2.13. The van der Waals surface area contributed by atoms with E-state index in [0.29, 0.717) is 24.1 Å². The SMILES string of the molecule is N#C[C@@H]1C[C@@]2(CN1C(=O)[C@H](CC1CC1)NC(=O)[C@@H](NC(=O)C(F)(F)F)C1CC1)C(=O)Nc1ccccc12. The van der Waals surface area contributed by atoms with Gasteiger partial charge in [0.1, 0.15) is 18.1 Å². The van der Waals surface area contributed by atoms with Gasteiger partial charge in [0, 0.05) is 18.7 Å². The summed E-state index contributed by atoms with van der Waals surface area (Å²) >= 11 is 0. The maximum Gasteiger partial charge on any atom is 0.471 e. The number of para-hydroxylation sites is 1. The van der Waals surface area contributed by atoms with Crippen LogP contribution in [-0.4, -0.2) is 59.4 Å². The molecule has 196 valence electrons. The Morgan fingerprint density at radius 2 is 1.86 bits per heavy atom. The number of likely N-dealkylation sites (tertiary alicyclic amines) is 1. The maximum absolute atomic E-state index is 13.7. The van der Waals surface area contributed by atoms with Crippen LogP contribution in [0.2, 0.25) is 0 Å². The molecule has 1 spiro atoms. The van der Waals surface area contributed by atoms with Crippen molar-refractivity contribution < 1.29 is 32.3 Å². The quantitative estimate of drug-likeness (QED) is 0.507. The van der Waals surface area contributed by atoms with E-state index in [9.17, 15) is 37.6 Å². The largest absolute Gasteiger partial charge is 0.471 e. The van der Waals surface area contributed by atoms with Crippen molar-refractivity contribution >= 4 is 29.3 Å². The highest BCUT2D eigenvalue weighted by Crippen LogP contribution is 2.46. The second-order valence-corrected chi connectivity index (χ2v) is 10.4. The molecule has 2 aliphatic heterocycles. The fourth-order valence-corrected chi connectivity index (χ4v) is 5.41. The van der Waals surface area contributed by atoms with Gasteiger partial charge in [-0.1, -0.05) is 31.0 Å². The van der Waals surface area contributed by atoms with Crippen molar-refractivity contribution in [3.05, 3.63) is 29.8 Å². The molecule has 3 N–H and O–H groups in total. The zero-order valence-corrected chi connectivity index (χ0v) is 19.8. The molecule has 5 rings (SSSR count). The van der Waals surface area contributed by atoms with Crippen molar-refractivity contribution in [3.8, 4) is 6.07 Å². The van der Waals surface area contributed by atoms with Gasteiger partial charge >= 0.3 is 12.1 Å². The Labute approximate surface area is 210 Å². The molecule has 0 aromatic heterocycles. The minimum absolute atomic E-state index is 0.0548. The van der Waals surface area contributed by atoms with Crippen LogP contribution in [0.4, 0.5) is 18.9 Å². The summed E-state index contributed by atoms with van der Waals surface area (Å²) in [5, 5.41) is 17.0. The summed E-state index contributed by atoms with van der Waals surface area (Å²) in [6.45, 7) is -0.0548. The van der Waals surface area contributed by atoms with E-state index in [1.807, 2.05) is 0 Å². The van der Waals surface area contributed by atoms with E-state index < -0.39 is 53.4 Å². The molecule has 1 aromatic rings. The number of benzene rings is 1. The van der Waals surface area contributed by atoms with Crippen molar-refractivity contribution in [2.45, 2.75) is 68.2 Å². The fraction of sp³-hybridized carbons (Fsp3) is 0.560. The summed E-state index contributed by atoms with van der Waals surface area (Å²) in [5.74, 6) is -4.21. The normalized spacial score (nSPS) is 26.2. The minimum atomic E-state index is -5.14. The number of hydrogen-bond donors (Lipinski definition) is 3. The minimum Gasteiger partial charge on any atom is -0.342 e. The third-order valence-corrected chi connectivity index (χ3v) is 7.72. The van der Waals surface area contributed by atoms with Gasteiger partial charge in [0.05, 0.1) is 11.5 Å². The van der Waals surface area contributed by atoms with Crippen LogP contribution >= 0.6 is 0 Å². The summed E-state index contributed by atoms with van der Waals surface area (Å²) < 4.78 is 38.5. The summed E-state index contributed by atoms with van der Waals surface area (Å²) in [7, 11) is 0. The fourth-order valence-electron chi connectivity index (χ4n) is 5.41. The molecule has 0 radical (unpaired) electrons. The number of rotatable bonds is 7. The lowest BCUT2D eigenvalue weighted by molar-refractivity contribution is -0.175. The average Bonchev–Trinajstić information content (AvgIpc) is 3.79. The number of nitrogens with one attached hydrogen (secondary N) is 3. The molecule has 0 bridgehead atoms. The van der Waals surface area contributed by atoms with Gasteiger partial charge in [-0.3, -0.25) is 19.2 Å². The molecule has 4 amide bonds. The standard InChI is InChI=1S/C25H26F3N5O4/c26-25(27,28)23(37)32-19(14-7-8-14)20(34)30-18(9-13-5-6-13)21(35)33-12-24(10-15(33)11-29)16-3-1-2-4-17(16)31-22(24)36/h1-4,13-15,18-19H,5-10,12H2,(H,30,34)(H,31,36)(H,32,37)/t15-,18-,19-,24-/m0/s1. The van der Waals surface area contributed by atoms with Gasteiger partial charge in [-0.15, -0.1) is 0 Å². The summed E-state index contributed by atoms with van der Waals surface area (Å²) in [5.41, 5.74) is 0.217. The molecule has 37 heavy (non-hydrogen) atoms. The van der Waals surface area contributed by atoms with E-state index in [-0.39, 0.29) is 31.2 Å². The number of anilines is 1. The smallest absolute Gasteiger partial charge is 0.342 e. The van der Waals surface area contributed by atoms with Crippen LogP contribution in [0.5, 0.6) is 0 Å². The van der Waals surface area contributed by atoms with Gasteiger partial charge in [0.2, 0.25) is 17.7 Å². The van der Waals surface area contributed by atoms with Crippen LogP contribution in [0.1, 0.15) is 44.1 Å². The van der Waals surface area contributed by atoms with E-state index in [0.717, 1.165) is 12.8 Å². The van der Waals surface area contributed by atoms with E-state index in [1.165, 1.54) is 4.90 Å². The zero-order valence-electron chi connectivity index (χ0n) is 19.8. The molecule has 9 nitrogen and oxygen atoms in total. The lowest BCUT2D eigenvalue weighted by atomic mass is 9.80. The summed E-state index contributed by atoms with van der Waals surface area (Å²) in [6, 6.07) is 5.75. The van der Waals surface area contributed by atoms with Crippen molar-refractivity contribution in [1.82, 2.24) is 15.5 Å². The number of carbonyl (C=O) groups excluding carboxylic acids is 4. The van der Waals surface area contributed by atoms with Crippen molar-refractivity contribution in [1.29, 1.82) is 5.26 Å². The van der Waals surface area contributed by atoms with Gasteiger partial charge < -0.3 is 20.9 Å². The Hall–Kier alpha value is -3.62. The molecule has 0 unspecified atom stereocenters. The Morgan fingerprint density at radius 1 is 1.16 bits per heavy atom. The molecule has 4 atom stereocenters. The lowest BCUT2D eigenvalue weighted by Gasteiger charge is -2.29. The first-order valence-corrected chi connectivity index (χ1v) is 12.3. The Bertz CT molecular complexity index is 1190. The third kappa shape index (κ3) is 4.74. The van der Waals surface area contributed by atoms with Gasteiger partial charge in [-0.25, -0.2) is 0 Å². The highest BCUT2D eigenvalue weighted by Gasteiger charge is 2.57. The van der Waals surface area contributed by atoms with Crippen LogP contribution in [0.15, 0.2) is 24.3 Å². The van der Waals surface area contributed by atoms with Gasteiger partial charge in [-0.05, 0) is 42.7 Å². The van der Waals surface area contributed by atoms with E-state index in [2.05, 4.69) is 16.7 Å². The van der Waals surface area contributed by atoms with E-state index >= 15 is 0 Å². The summed E-state index contributed by atoms with van der Waals surface area (Å²) in [4.78, 5) is 52.6. The first-order valence-electron chi connectivity index (χ1n) is 12.3. The predicted molar refractivity (Wildman–Crippen MR) is 122 cm³/mol. The second kappa shape index (κ2) is 9.04. The number of hydrogen-bond acceptors (Lipinski definition) is 5. The van der Waals surface area contributed by atoms with Crippen molar-refractivity contribution in [2.75, 3.05) is 11.9 Å². The van der Waals surface area contributed by atoms with E-state index in [4.69, 9.17) is 0 Å². The number of nitriles is 1. The molecular formula is C25H26F3N5O4. The molecule has 1 saturated heterocycles. The van der Waals surface area contributed by atoms with Gasteiger partial charge in [0.25, 0.3) is 0 Å². The first-order chi connectivity index (χ1) is 17.5. The molecule has 2 aliphatic carbocycles. The van der Waals surface area contributed by atoms with Gasteiger partial charge in [-0.2, -0.15) is 18.4 Å². The molecular weight excluding hydrogens is 491 g/mol. The second-order valence-electron chi connectivity index (χ2n) is 10.4. The van der Waals surface area contributed by atoms with Crippen LogP contribution in [0, 0.1) is 23.2 Å². The average molecular weight is 518 g/mol. The molecule has 4 aliphatic rings. The topological polar surface area (TPSA) is 131 Å². The molecule has 3 fully saturated rings.